The molecule has 0 aliphatic carbocycles. The first-order valence-corrected chi connectivity index (χ1v) is 10.1. The molecule has 1 N–H and O–H groups in total. The third kappa shape index (κ3) is 3.29. The highest BCUT2D eigenvalue weighted by Gasteiger charge is 2.37. The zero-order valence-electron chi connectivity index (χ0n) is 14.9. The van der Waals surface area contributed by atoms with Crippen LogP contribution in [-0.2, 0) is 10.0 Å². The van der Waals surface area contributed by atoms with Crippen LogP contribution in [0.25, 0.3) is 0 Å². The van der Waals surface area contributed by atoms with Crippen molar-refractivity contribution in [1.82, 2.24) is 4.31 Å². The fourth-order valence-corrected chi connectivity index (χ4v) is 4.86. The van der Waals surface area contributed by atoms with Gasteiger partial charge in [-0.05, 0) is 18.6 Å². The zero-order chi connectivity index (χ0) is 18.9. The monoisotopic (exact) mass is 378 g/mol. The molecule has 26 heavy (non-hydrogen) atoms. The number of rotatable bonds is 4. The predicted octanol–water partition coefficient (Wildman–Crippen LogP) is 3.86. The van der Waals surface area contributed by atoms with Gasteiger partial charge in [-0.3, -0.25) is 0 Å². The van der Waals surface area contributed by atoms with Gasteiger partial charge in [0.1, 0.15) is 4.90 Å². The van der Waals surface area contributed by atoms with Crippen LogP contribution in [0, 0.1) is 5.82 Å². The van der Waals surface area contributed by atoms with Crippen molar-refractivity contribution in [3.63, 3.8) is 0 Å². The molecule has 0 saturated heterocycles. The number of sulfonamides is 1. The van der Waals surface area contributed by atoms with E-state index in [1.807, 2.05) is 35.2 Å². The molecule has 2 aromatic rings. The van der Waals surface area contributed by atoms with E-state index in [-0.39, 0.29) is 16.6 Å². The van der Waals surface area contributed by atoms with Crippen molar-refractivity contribution in [2.45, 2.75) is 37.1 Å². The number of aromatic hydroxyl groups is 1. The van der Waals surface area contributed by atoms with Crippen LogP contribution >= 0.6 is 0 Å². The maximum atomic E-state index is 14.1. The molecule has 1 heterocycles. The molecule has 2 aromatic carbocycles. The molecule has 0 bridgehead atoms. The second-order valence-corrected chi connectivity index (χ2v) is 8.50. The Labute approximate surface area is 153 Å². The third-order valence-electron chi connectivity index (χ3n) is 4.84. The van der Waals surface area contributed by atoms with Gasteiger partial charge in [-0.25, -0.2) is 12.8 Å². The average Bonchev–Trinajstić information content (AvgIpc) is 2.70. The number of phenolic OH excluding ortho intramolecular Hbond substituents is 1. The van der Waals surface area contributed by atoms with Crippen molar-refractivity contribution in [1.29, 1.82) is 0 Å². The quantitative estimate of drug-likeness (QED) is 0.878. The van der Waals surface area contributed by atoms with Crippen LogP contribution in [0.4, 0.5) is 15.8 Å². The van der Waals surface area contributed by atoms with Gasteiger partial charge in [0, 0.05) is 37.5 Å². The van der Waals surface area contributed by atoms with E-state index in [4.69, 9.17) is 0 Å². The fraction of sp³-hybridized carbons (Fsp3) is 0.368. The van der Waals surface area contributed by atoms with Crippen LogP contribution in [-0.4, -0.2) is 37.5 Å². The van der Waals surface area contributed by atoms with Crippen molar-refractivity contribution in [2.24, 2.45) is 0 Å². The summed E-state index contributed by atoms with van der Waals surface area (Å²) in [7, 11) is -2.30. The highest BCUT2D eigenvalue weighted by atomic mass is 32.2. The smallest absolute Gasteiger partial charge is 0.245 e. The van der Waals surface area contributed by atoms with Gasteiger partial charge in [0.15, 0.2) is 11.6 Å². The predicted molar refractivity (Wildman–Crippen MR) is 99.8 cm³/mol. The molecule has 5 nitrogen and oxygen atoms in total. The van der Waals surface area contributed by atoms with Gasteiger partial charge in [0.05, 0.1) is 5.69 Å². The highest BCUT2D eigenvalue weighted by molar-refractivity contribution is 7.89. The molecule has 1 aliphatic heterocycles. The minimum Gasteiger partial charge on any atom is -0.505 e. The molecular weight excluding hydrogens is 355 g/mol. The molecule has 0 amide bonds. The molecule has 0 aromatic heterocycles. The summed E-state index contributed by atoms with van der Waals surface area (Å²) in [6, 6.07) is 11.2. The van der Waals surface area contributed by atoms with Gasteiger partial charge in [0.25, 0.3) is 0 Å². The Bertz CT molecular complexity index is 887. The number of phenols is 1. The second-order valence-electron chi connectivity index (χ2n) is 6.53. The maximum Gasteiger partial charge on any atom is 0.245 e. The van der Waals surface area contributed by atoms with E-state index in [0.29, 0.717) is 13.0 Å². The second kappa shape index (κ2) is 7.25. The van der Waals surface area contributed by atoms with Crippen LogP contribution < -0.4 is 4.90 Å². The number of anilines is 2. The number of hydrogen-bond donors (Lipinski definition) is 1. The first kappa shape index (κ1) is 18.7. The molecule has 1 unspecified atom stereocenters. The summed E-state index contributed by atoms with van der Waals surface area (Å²) in [5.41, 5.74) is 1.03. The lowest BCUT2D eigenvalue weighted by atomic mass is 10.1. The van der Waals surface area contributed by atoms with Gasteiger partial charge in [-0.1, -0.05) is 38.0 Å². The number of halogens is 1. The van der Waals surface area contributed by atoms with E-state index >= 15 is 0 Å². The minimum absolute atomic E-state index is 0.0817. The van der Waals surface area contributed by atoms with Crippen LogP contribution in [0.3, 0.4) is 0 Å². The summed E-state index contributed by atoms with van der Waals surface area (Å²) in [6.07, 6.45) is 2.55. The van der Waals surface area contributed by atoms with Crippen LogP contribution in [0.15, 0.2) is 47.4 Å². The Kier molecular flexibility index (Phi) is 5.20. The topological polar surface area (TPSA) is 60.9 Å². The maximum absolute atomic E-state index is 14.1. The van der Waals surface area contributed by atoms with Crippen molar-refractivity contribution >= 4 is 21.4 Å². The summed E-state index contributed by atoms with van der Waals surface area (Å²) in [5, 5.41) is 9.77. The highest BCUT2D eigenvalue weighted by Crippen LogP contribution is 2.40. The van der Waals surface area contributed by atoms with E-state index in [0.717, 1.165) is 30.7 Å². The molecule has 1 aliphatic rings. The SMILES string of the molecule is CCCCC1CN(c2ccccc2)c2cc(F)c(O)cc2S(=O)(=O)N1C. The summed E-state index contributed by atoms with van der Waals surface area (Å²) in [4.78, 5) is 1.74. The molecule has 0 radical (unpaired) electrons. The van der Waals surface area contributed by atoms with Crippen molar-refractivity contribution < 1.29 is 17.9 Å². The van der Waals surface area contributed by atoms with Gasteiger partial charge < -0.3 is 10.0 Å². The number of hydrogen-bond acceptors (Lipinski definition) is 4. The molecule has 3 rings (SSSR count). The zero-order valence-corrected chi connectivity index (χ0v) is 15.7. The van der Waals surface area contributed by atoms with Gasteiger partial charge in [-0.15, -0.1) is 0 Å². The van der Waals surface area contributed by atoms with E-state index in [2.05, 4.69) is 6.92 Å². The standard InChI is InChI=1S/C19H23FN2O3S/c1-3-4-8-15-13-22(14-9-6-5-7-10-14)17-11-16(20)18(23)12-19(17)26(24,25)21(15)2/h5-7,9-12,15,23H,3-4,8,13H2,1-2H3. The summed E-state index contributed by atoms with van der Waals surface area (Å²) in [5.74, 6) is -1.50. The molecule has 0 fully saturated rings. The number of fused-ring (bicyclic) bond motifs is 1. The Morgan fingerprint density at radius 1 is 1.23 bits per heavy atom. The first-order chi connectivity index (χ1) is 12.4. The van der Waals surface area contributed by atoms with E-state index in [1.54, 1.807) is 7.05 Å². The Hall–Kier alpha value is -2.12. The van der Waals surface area contributed by atoms with E-state index in [1.165, 1.54) is 4.31 Å². The van der Waals surface area contributed by atoms with E-state index in [9.17, 15) is 17.9 Å². The lowest BCUT2D eigenvalue weighted by molar-refractivity contribution is 0.351. The number of likely N-dealkylation sites (N-methyl/N-ethyl adjacent to an activating group) is 1. The van der Waals surface area contributed by atoms with Crippen LogP contribution in [0.1, 0.15) is 26.2 Å². The number of para-hydroxylation sites is 1. The van der Waals surface area contributed by atoms with Crippen LogP contribution in [0.2, 0.25) is 0 Å². The summed E-state index contributed by atoms with van der Waals surface area (Å²) >= 11 is 0. The van der Waals surface area contributed by atoms with Gasteiger partial charge in [0.2, 0.25) is 10.0 Å². The molecule has 1 atom stereocenters. The fourth-order valence-electron chi connectivity index (χ4n) is 3.29. The number of unbranched alkanes of at least 4 members (excludes halogenated alkanes) is 1. The molecule has 0 spiro atoms. The van der Waals surface area contributed by atoms with Crippen molar-refractivity contribution in [3.05, 3.63) is 48.3 Å². The molecule has 7 heteroatoms. The molecule has 0 saturated carbocycles. The first-order valence-electron chi connectivity index (χ1n) is 8.69. The van der Waals surface area contributed by atoms with Gasteiger partial charge in [-0.2, -0.15) is 4.31 Å². The average molecular weight is 378 g/mol. The number of nitrogens with zero attached hydrogens (tertiary/aromatic N) is 2. The Morgan fingerprint density at radius 2 is 1.92 bits per heavy atom. The number of benzene rings is 2. The van der Waals surface area contributed by atoms with Crippen molar-refractivity contribution in [2.75, 3.05) is 18.5 Å². The molecule has 140 valence electrons. The molecular formula is C19H23FN2O3S. The minimum atomic E-state index is -3.85. The summed E-state index contributed by atoms with van der Waals surface area (Å²) in [6.45, 7) is 2.47. The van der Waals surface area contributed by atoms with Gasteiger partial charge >= 0.3 is 0 Å². The summed E-state index contributed by atoms with van der Waals surface area (Å²) < 4.78 is 41.6. The van der Waals surface area contributed by atoms with Crippen molar-refractivity contribution in [3.8, 4) is 5.75 Å². The normalized spacial score (nSPS) is 19.8. The third-order valence-corrected chi connectivity index (χ3v) is 6.78. The lowest BCUT2D eigenvalue weighted by Gasteiger charge is -2.29. The Morgan fingerprint density at radius 3 is 2.58 bits per heavy atom. The van der Waals surface area contributed by atoms with Crippen LogP contribution in [0.5, 0.6) is 5.75 Å². The lowest BCUT2D eigenvalue weighted by Crippen LogP contribution is -2.40. The Balaban J connectivity index is 2.21. The largest absolute Gasteiger partial charge is 0.505 e. The van der Waals surface area contributed by atoms with E-state index < -0.39 is 21.6 Å².